The van der Waals surface area contributed by atoms with Crippen molar-refractivity contribution in [2.24, 2.45) is 0 Å². The van der Waals surface area contributed by atoms with Crippen molar-refractivity contribution in [3.63, 3.8) is 0 Å². The molecule has 1 saturated carbocycles. The summed E-state index contributed by atoms with van der Waals surface area (Å²) in [5.74, 6) is -0.752. The van der Waals surface area contributed by atoms with Gasteiger partial charge in [-0.3, -0.25) is 4.79 Å². The van der Waals surface area contributed by atoms with Crippen LogP contribution in [-0.4, -0.2) is 23.3 Å². The lowest BCUT2D eigenvalue weighted by atomic mass is 9.77. The number of carboxylic acid groups (broad SMARTS) is 1. The molecular formula is C8H14O3. The first kappa shape index (κ1) is 8.53. The maximum Gasteiger partial charge on any atom is 0.306 e. The lowest BCUT2D eigenvalue weighted by molar-refractivity contribution is -0.153. The molecule has 0 atom stereocenters. The highest BCUT2D eigenvalue weighted by molar-refractivity contribution is 5.68. The van der Waals surface area contributed by atoms with E-state index in [1.807, 2.05) is 6.92 Å². The smallest absolute Gasteiger partial charge is 0.306 e. The molecule has 3 heteroatoms. The fourth-order valence-electron chi connectivity index (χ4n) is 1.53. The largest absolute Gasteiger partial charge is 0.481 e. The maximum atomic E-state index is 10.4. The van der Waals surface area contributed by atoms with Crippen LogP contribution in [-0.2, 0) is 9.53 Å². The molecule has 0 aliphatic heterocycles. The molecule has 1 fully saturated rings. The van der Waals surface area contributed by atoms with Crippen LogP contribution in [0.15, 0.2) is 0 Å². The van der Waals surface area contributed by atoms with Crippen molar-refractivity contribution in [3.05, 3.63) is 0 Å². The molecule has 0 radical (unpaired) electrons. The van der Waals surface area contributed by atoms with Crippen LogP contribution < -0.4 is 0 Å². The van der Waals surface area contributed by atoms with E-state index >= 15 is 0 Å². The number of carboxylic acids is 1. The Morgan fingerprint density at radius 2 is 2.27 bits per heavy atom. The highest BCUT2D eigenvalue weighted by Gasteiger charge is 2.39. The first-order chi connectivity index (χ1) is 5.18. The summed E-state index contributed by atoms with van der Waals surface area (Å²) in [6.45, 7) is 2.52. The van der Waals surface area contributed by atoms with Gasteiger partial charge < -0.3 is 9.84 Å². The van der Waals surface area contributed by atoms with Crippen LogP contribution in [0.3, 0.4) is 0 Å². The Kier molecular flexibility index (Phi) is 2.49. The number of rotatable bonds is 4. The average molecular weight is 158 g/mol. The SMILES string of the molecule is CCOC1(CC(=O)O)CCC1. The van der Waals surface area contributed by atoms with E-state index in [-0.39, 0.29) is 12.0 Å². The topological polar surface area (TPSA) is 46.5 Å². The summed E-state index contributed by atoms with van der Waals surface area (Å²) < 4.78 is 5.40. The summed E-state index contributed by atoms with van der Waals surface area (Å²) in [6, 6.07) is 0. The molecule has 1 aliphatic rings. The maximum absolute atomic E-state index is 10.4. The van der Waals surface area contributed by atoms with Gasteiger partial charge in [0.25, 0.3) is 0 Å². The number of ether oxygens (including phenoxy) is 1. The minimum atomic E-state index is -0.752. The Bertz CT molecular complexity index is 149. The van der Waals surface area contributed by atoms with Gasteiger partial charge in [0.15, 0.2) is 0 Å². The minimum absolute atomic E-state index is 0.167. The van der Waals surface area contributed by atoms with Crippen LogP contribution in [0, 0.1) is 0 Å². The van der Waals surface area contributed by atoms with Crippen molar-refractivity contribution in [1.29, 1.82) is 0 Å². The van der Waals surface area contributed by atoms with Gasteiger partial charge in [-0.1, -0.05) is 0 Å². The van der Waals surface area contributed by atoms with E-state index in [0.717, 1.165) is 19.3 Å². The molecule has 0 heterocycles. The van der Waals surface area contributed by atoms with Crippen molar-refractivity contribution in [2.75, 3.05) is 6.61 Å². The third-order valence-electron chi connectivity index (χ3n) is 2.19. The zero-order chi connectivity index (χ0) is 8.32. The first-order valence-corrected chi connectivity index (χ1v) is 4.04. The Labute approximate surface area is 66.4 Å². The molecule has 0 unspecified atom stereocenters. The van der Waals surface area contributed by atoms with Gasteiger partial charge in [0.05, 0.1) is 12.0 Å². The van der Waals surface area contributed by atoms with E-state index in [2.05, 4.69) is 0 Å². The number of aliphatic carboxylic acids is 1. The standard InChI is InChI=1S/C8H14O3/c1-2-11-8(4-3-5-8)6-7(9)10/h2-6H2,1H3,(H,9,10). The molecule has 0 amide bonds. The number of hydrogen-bond acceptors (Lipinski definition) is 2. The minimum Gasteiger partial charge on any atom is -0.481 e. The average Bonchev–Trinajstić information content (AvgIpc) is 1.82. The van der Waals surface area contributed by atoms with Gasteiger partial charge >= 0.3 is 5.97 Å². The normalized spacial score (nSPS) is 20.8. The second-order valence-corrected chi connectivity index (χ2v) is 3.04. The highest BCUT2D eigenvalue weighted by Crippen LogP contribution is 2.38. The van der Waals surface area contributed by atoms with Crippen molar-refractivity contribution in [1.82, 2.24) is 0 Å². The molecule has 0 aromatic heterocycles. The predicted molar refractivity (Wildman–Crippen MR) is 40.5 cm³/mol. The van der Waals surface area contributed by atoms with Gasteiger partial charge in [-0.2, -0.15) is 0 Å². The van der Waals surface area contributed by atoms with Crippen LogP contribution in [0.5, 0.6) is 0 Å². The van der Waals surface area contributed by atoms with E-state index in [1.54, 1.807) is 0 Å². The summed E-state index contributed by atoms with van der Waals surface area (Å²) >= 11 is 0. The summed E-state index contributed by atoms with van der Waals surface area (Å²) in [5.41, 5.74) is -0.305. The Morgan fingerprint density at radius 3 is 2.55 bits per heavy atom. The molecule has 64 valence electrons. The zero-order valence-corrected chi connectivity index (χ0v) is 6.80. The predicted octanol–water partition coefficient (Wildman–Crippen LogP) is 1.42. The second-order valence-electron chi connectivity index (χ2n) is 3.04. The number of hydrogen-bond donors (Lipinski definition) is 1. The Balaban J connectivity index is 2.39. The molecule has 1 aliphatic carbocycles. The molecule has 0 aromatic rings. The van der Waals surface area contributed by atoms with Gasteiger partial charge in [0.2, 0.25) is 0 Å². The molecular weight excluding hydrogens is 144 g/mol. The molecule has 1 N–H and O–H groups in total. The van der Waals surface area contributed by atoms with Crippen LogP contribution in [0.2, 0.25) is 0 Å². The fourth-order valence-corrected chi connectivity index (χ4v) is 1.53. The van der Waals surface area contributed by atoms with Crippen molar-refractivity contribution < 1.29 is 14.6 Å². The van der Waals surface area contributed by atoms with Crippen LogP contribution in [0.1, 0.15) is 32.6 Å². The molecule has 0 aromatic carbocycles. The van der Waals surface area contributed by atoms with E-state index in [4.69, 9.17) is 9.84 Å². The van der Waals surface area contributed by atoms with Crippen molar-refractivity contribution in [2.45, 2.75) is 38.2 Å². The summed E-state index contributed by atoms with van der Waals surface area (Å²) in [6.07, 6.45) is 3.09. The van der Waals surface area contributed by atoms with Crippen molar-refractivity contribution in [3.8, 4) is 0 Å². The number of carbonyl (C=O) groups is 1. The quantitative estimate of drug-likeness (QED) is 0.673. The third kappa shape index (κ3) is 1.93. The molecule has 0 spiro atoms. The second kappa shape index (κ2) is 3.22. The lowest BCUT2D eigenvalue weighted by Gasteiger charge is -2.40. The van der Waals surface area contributed by atoms with Gasteiger partial charge in [0, 0.05) is 6.61 Å². The highest BCUT2D eigenvalue weighted by atomic mass is 16.5. The van der Waals surface area contributed by atoms with E-state index in [0.29, 0.717) is 6.61 Å². The van der Waals surface area contributed by atoms with Crippen LogP contribution >= 0.6 is 0 Å². The monoisotopic (exact) mass is 158 g/mol. The molecule has 0 bridgehead atoms. The van der Waals surface area contributed by atoms with Crippen LogP contribution in [0.25, 0.3) is 0 Å². The Morgan fingerprint density at radius 1 is 1.64 bits per heavy atom. The van der Waals surface area contributed by atoms with Gasteiger partial charge in [-0.05, 0) is 26.2 Å². The van der Waals surface area contributed by atoms with Crippen molar-refractivity contribution >= 4 is 5.97 Å². The molecule has 11 heavy (non-hydrogen) atoms. The molecule has 1 rings (SSSR count). The van der Waals surface area contributed by atoms with E-state index in [1.165, 1.54) is 0 Å². The van der Waals surface area contributed by atoms with Crippen LogP contribution in [0.4, 0.5) is 0 Å². The zero-order valence-electron chi connectivity index (χ0n) is 6.80. The van der Waals surface area contributed by atoms with Gasteiger partial charge in [-0.25, -0.2) is 0 Å². The summed E-state index contributed by atoms with van der Waals surface area (Å²) in [4.78, 5) is 10.4. The molecule has 0 saturated heterocycles. The third-order valence-corrected chi connectivity index (χ3v) is 2.19. The molecule has 3 nitrogen and oxygen atoms in total. The fraction of sp³-hybridized carbons (Fsp3) is 0.875. The lowest BCUT2D eigenvalue weighted by Crippen LogP contribution is -2.42. The van der Waals surface area contributed by atoms with E-state index < -0.39 is 5.97 Å². The van der Waals surface area contributed by atoms with Gasteiger partial charge in [0.1, 0.15) is 0 Å². The summed E-state index contributed by atoms with van der Waals surface area (Å²) in [7, 11) is 0. The first-order valence-electron chi connectivity index (χ1n) is 4.04. The Hall–Kier alpha value is -0.570. The van der Waals surface area contributed by atoms with Gasteiger partial charge in [-0.15, -0.1) is 0 Å². The van der Waals surface area contributed by atoms with E-state index in [9.17, 15) is 4.79 Å². The summed E-state index contributed by atoms with van der Waals surface area (Å²) in [5, 5.41) is 8.56.